The van der Waals surface area contributed by atoms with E-state index in [0.29, 0.717) is 6.04 Å². The Morgan fingerprint density at radius 3 is 2.44 bits per heavy atom. The van der Waals surface area contributed by atoms with Gasteiger partial charge in [-0.1, -0.05) is 12.8 Å². The van der Waals surface area contributed by atoms with Crippen LogP contribution in [0, 0.1) is 5.92 Å². The van der Waals surface area contributed by atoms with Crippen LogP contribution in [0.25, 0.3) is 0 Å². The molecule has 0 bridgehead atoms. The summed E-state index contributed by atoms with van der Waals surface area (Å²) in [5.74, 6) is -1.14. The zero-order valence-electron chi connectivity index (χ0n) is 11.0. The van der Waals surface area contributed by atoms with E-state index in [2.05, 4.69) is 17.3 Å². The van der Waals surface area contributed by atoms with Crippen LogP contribution in [0.2, 0.25) is 0 Å². The molecule has 0 amide bonds. The second-order valence-electron chi connectivity index (χ2n) is 5.79. The largest absolute Gasteiger partial charge is 0.393 e. The van der Waals surface area contributed by atoms with Crippen LogP contribution >= 0.6 is 0 Å². The van der Waals surface area contributed by atoms with Gasteiger partial charge in [0.25, 0.3) is 0 Å². The van der Waals surface area contributed by atoms with Crippen molar-refractivity contribution < 1.29 is 13.2 Å². The van der Waals surface area contributed by atoms with E-state index in [4.69, 9.17) is 0 Å². The van der Waals surface area contributed by atoms with Crippen molar-refractivity contribution in [2.75, 3.05) is 20.1 Å². The average molecular weight is 264 g/mol. The van der Waals surface area contributed by atoms with E-state index in [1.54, 1.807) is 0 Å². The molecule has 1 heterocycles. The highest BCUT2D eigenvalue weighted by molar-refractivity contribution is 4.86. The number of alkyl halides is 3. The van der Waals surface area contributed by atoms with Gasteiger partial charge >= 0.3 is 6.18 Å². The summed E-state index contributed by atoms with van der Waals surface area (Å²) in [7, 11) is 2.10. The van der Waals surface area contributed by atoms with E-state index in [0.717, 1.165) is 13.0 Å². The lowest BCUT2D eigenvalue weighted by molar-refractivity contribution is -0.169. The first kappa shape index (κ1) is 14.1. The molecule has 0 aromatic rings. The van der Waals surface area contributed by atoms with Gasteiger partial charge in [0.2, 0.25) is 0 Å². The SMILES string of the molecule is CN(CCC1CC(C(F)(F)F)CN1)C1CCCC1. The molecule has 2 nitrogen and oxygen atoms in total. The number of hydrogen-bond donors (Lipinski definition) is 1. The van der Waals surface area contributed by atoms with Crippen molar-refractivity contribution in [3.8, 4) is 0 Å². The van der Waals surface area contributed by atoms with Gasteiger partial charge in [0.1, 0.15) is 0 Å². The minimum absolute atomic E-state index is 0.0421. The van der Waals surface area contributed by atoms with Crippen molar-refractivity contribution in [1.82, 2.24) is 10.2 Å². The van der Waals surface area contributed by atoms with Crippen LogP contribution in [-0.2, 0) is 0 Å². The fourth-order valence-electron chi connectivity index (χ4n) is 3.18. The van der Waals surface area contributed by atoms with Crippen LogP contribution in [0.15, 0.2) is 0 Å². The minimum atomic E-state index is -4.03. The van der Waals surface area contributed by atoms with E-state index in [1.165, 1.54) is 25.7 Å². The number of nitrogens with zero attached hydrogens (tertiary/aromatic N) is 1. The van der Waals surface area contributed by atoms with Gasteiger partial charge in [-0.15, -0.1) is 0 Å². The van der Waals surface area contributed by atoms with Crippen LogP contribution in [0.1, 0.15) is 38.5 Å². The van der Waals surface area contributed by atoms with Crippen molar-refractivity contribution >= 4 is 0 Å². The molecule has 0 aromatic heterocycles. The Balaban J connectivity index is 1.68. The maximum Gasteiger partial charge on any atom is 0.393 e. The molecule has 1 N–H and O–H groups in total. The Morgan fingerprint density at radius 1 is 1.22 bits per heavy atom. The Labute approximate surface area is 107 Å². The summed E-state index contributed by atoms with van der Waals surface area (Å²) < 4.78 is 37.6. The summed E-state index contributed by atoms with van der Waals surface area (Å²) in [5.41, 5.74) is 0. The molecule has 1 saturated carbocycles. The number of nitrogens with one attached hydrogen (secondary N) is 1. The Kier molecular flexibility index (Phi) is 4.54. The van der Waals surface area contributed by atoms with Crippen molar-refractivity contribution in [1.29, 1.82) is 0 Å². The summed E-state index contributed by atoms with van der Waals surface area (Å²) in [6, 6.07) is 0.699. The molecule has 5 heteroatoms. The molecule has 1 saturated heterocycles. The highest BCUT2D eigenvalue weighted by atomic mass is 19.4. The molecule has 0 radical (unpaired) electrons. The van der Waals surface area contributed by atoms with Crippen molar-refractivity contribution in [3.63, 3.8) is 0 Å². The third kappa shape index (κ3) is 3.60. The van der Waals surface area contributed by atoms with E-state index < -0.39 is 12.1 Å². The van der Waals surface area contributed by atoms with Gasteiger partial charge in [0, 0.05) is 18.6 Å². The molecular formula is C13H23F3N2. The zero-order chi connectivity index (χ0) is 13.2. The highest BCUT2D eigenvalue weighted by Gasteiger charge is 2.43. The number of halogens is 3. The summed E-state index contributed by atoms with van der Waals surface area (Å²) in [6.07, 6.45) is 2.15. The predicted molar refractivity (Wildman–Crippen MR) is 65.5 cm³/mol. The smallest absolute Gasteiger partial charge is 0.313 e. The second kappa shape index (κ2) is 5.78. The van der Waals surface area contributed by atoms with Crippen LogP contribution in [0.5, 0.6) is 0 Å². The molecule has 0 aromatic carbocycles. The molecule has 1 aliphatic heterocycles. The molecule has 1 aliphatic carbocycles. The van der Waals surface area contributed by atoms with Crippen LogP contribution in [0.4, 0.5) is 13.2 Å². The van der Waals surface area contributed by atoms with E-state index in [9.17, 15) is 13.2 Å². The van der Waals surface area contributed by atoms with E-state index in [-0.39, 0.29) is 19.0 Å². The Morgan fingerprint density at radius 2 is 1.89 bits per heavy atom. The van der Waals surface area contributed by atoms with Crippen molar-refractivity contribution in [2.45, 2.75) is 56.8 Å². The minimum Gasteiger partial charge on any atom is -0.313 e. The lowest BCUT2D eigenvalue weighted by atomic mass is 10.0. The van der Waals surface area contributed by atoms with Gasteiger partial charge < -0.3 is 10.2 Å². The van der Waals surface area contributed by atoms with Crippen LogP contribution in [-0.4, -0.2) is 43.3 Å². The monoisotopic (exact) mass is 264 g/mol. The molecule has 2 atom stereocenters. The number of rotatable bonds is 4. The van der Waals surface area contributed by atoms with Gasteiger partial charge in [0.05, 0.1) is 5.92 Å². The summed E-state index contributed by atoms with van der Waals surface area (Å²) in [6.45, 7) is 1.01. The lowest BCUT2D eigenvalue weighted by Gasteiger charge is -2.25. The summed E-state index contributed by atoms with van der Waals surface area (Å²) >= 11 is 0. The van der Waals surface area contributed by atoms with Gasteiger partial charge in [-0.05, 0) is 39.3 Å². The van der Waals surface area contributed by atoms with Gasteiger partial charge in [-0.25, -0.2) is 0 Å². The highest BCUT2D eigenvalue weighted by Crippen LogP contribution is 2.33. The van der Waals surface area contributed by atoms with E-state index >= 15 is 0 Å². The fraction of sp³-hybridized carbons (Fsp3) is 1.00. The molecule has 2 fully saturated rings. The fourth-order valence-corrected chi connectivity index (χ4v) is 3.18. The quantitative estimate of drug-likeness (QED) is 0.840. The third-order valence-corrected chi connectivity index (χ3v) is 4.46. The maximum absolute atomic E-state index is 12.5. The summed E-state index contributed by atoms with van der Waals surface area (Å²) in [5, 5.41) is 3.01. The lowest BCUT2D eigenvalue weighted by Crippen LogP contribution is -2.33. The molecule has 2 unspecified atom stereocenters. The van der Waals surface area contributed by atoms with E-state index in [1.807, 2.05) is 0 Å². The first-order valence-corrected chi connectivity index (χ1v) is 6.97. The number of hydrogen-bond acceptors (Lipinski definition) is 2. The normalized spacial score (nSPS) is 30.5. The predicted octanol–water partition coefficient (Wildman–Crippen LogP) is 2.79. The Hall–Kier alpha value is -0.290. The third-order valence-electron chi connectivity index (χ3n) is 4.46. The molecular weight excluding hydrogens is 241 g/mol. The first-order chi connectivity index (χ1) is 8.47. The van der Waals surface area contributed by atoms with Gasteiger partial charge in [-0.3, -0.25) is 0 Å². The topological polar surface area (TPSA) is 15.3 Å². The standard InChI is InChI=1S/C13H23F3N2/c1-18(12-4-2-3-5-12)7-6-11-8-10(9-17-11)13(14,15)16/h10-12,17H,2-9H2,1H3. The molecule has 0 spiro atoms. The van der Waals surface area contributed by atoms with Gasteiger partial charge in [-0.2, -0.15) is 13.2 Å². The zero-order valence-corrected chi connectivity index (χ0v) is 11.0. The van der Waals surface area contributed by atoms with Crippen molar-refractivity contribution in [3.05, 3.63) is 0 Å². The first-order valence-electron chi connectivity index (χ1n) is 6.97. The Bertz CT molecular complexity index is 261. The maximum atomic E-state index is 12.5. The molecule has 2 aliphatic rings. The molecule has 18 heavy (non-hydrogen) atoms. The van der Waals surface area contributed by atoms with Crippen LogP contribution in [0.3, 0.4) is 0 Å². The molecule has 2 rings (SSSR count). The average Bonchev–Trinajstić information content (AvgIpc) is 2.96. The molecule has 106 valence electrons. The van der Waals surface area contributed by atoms with Gasteiger partial charge in [0.15, 0.2) is 0 Å². The van der Waals surface area contributed by atoms with Crippen molar-refractivity contribution in [2.24, 2.45) is 5.92 Å². The second-order valence-corrected chi connectivity index (χ2v) is 5.79. The summed E-state index contributed by atoms with van der Waals surface area (Å²) in [4.78, 5) is 2.33. The van der Waals surface area contributed by atoms with Crippen LogP contribution < -0.4 is 5.32 Å².